The molecule has 3 N–H and O–H groups in total. The second kappa shape index (κ2) is 6.46. The highest BCUT2D eigenvalue weighted by atomic mass is 16.3. The number of nitrogens with one attached hydrogen (secondary N) is 3. The SMILES string of the molecule is O=C(NCc1cc2ccccc2o1)N1CCCC(c2n[nH]c(=O)[nH]2)C1. The number of aromatic amines is 2. The van der Waals surface area contributed by atoms with Crippen molar-refractivity contribution < 1.29 is 9.21 Å². The van der Waals surface area contributed by atoms with Crippen molar-refractivity contribution in [1.29, 1.82) is 0 Å². The summed E-state index contributed by atoms with van der Waals surface area (Å²) >= 11 is 0. The van der Waals surface area contributed by atoms with Crippen LogP contribution in [-0.4, -0.2) is 39.2 Å². The van der Waals surface area contributed by atoms with Crippen LogP contribution in [0.1, 0.15) is 30.3 Å². The number of nitrogens with zero attached hydrogens (tertiary/aromatic N) is 2. The number of amides is 2. The van der Waals surface area contributed by atoms with Crippen LogP contribution in [-0.2, 0) is 6.54 Å². The molecule has 130 valence electrons. The van der Waals surface area contributed by atoms with Crippen molar-refractivity contribution >= 4 is 17.0 Å². The molecule has 0 aliphatic carbocycles. The van der Waals surface area contributed by atoms with Gasteiger partial charge in [0, 0.05) is 24.4 Å². The van der Waals surface area contributed by atoms with Crippen LogP contribution in [0.15, 0.2) is 39.5 Å². The molecule has 0 radical (unpaired) electrons. The van der Waals surface area contributed by atoms with E-state index in [-0.39, 0.29) is 17.6 Å². The number of aromatic nitrogens is 3. The molecule has 3 heterocycles. The van der Waals surface area contributed by atoms with E-state index in [4.69, 9.17) is 4.42 Å². The van der Waals surface area contributed by atoms with Crippen LogP contribution < -0.4 is 11.0 Å². The van der Waals surface area contributed by atoms with Crippen LogP contribution in [0.2, 0.25) is 0 Å². The minimum Gasteiger partial charge on any atom is -0.459 e. The number of rotatable bonds is 3. The number of hydrogen-bond donors (Lipinski definition) is 3. The molecule has 2 aromatic heterocycles. The van der Waals surface area contributed by atoms with E-state index in [2.05, 4.69) is 20.5 Å². The number of hydrogen-bond acceptors (Lipinski definition) is 4. The van der Waals surface area contributed by atoms with Gasteiger partial charge in [0.1, 0.15) is 17.2 Å². The van der Waals surface area contributed by atoms with Gasteiger partial charge in [0.2, 0.25) is 0 Å². The van der Waals surface area contributed by atoms with Crippen LogP contribution in [0.4, 0.5) is 4.79 Å². The molecule has 1 aromatic carbocycles. The topological polar surface area (TPSA) is 107 Å². The first kappa shape index (κ1) is 15.5. The second-order valence-corrected chi connectivity index (χ2v) is 6.26. The number of para-hydroxylation sites is 1. The Labute approximate surface area is 143 Å². The summed E-state index contributed by atoms with van der Waals surface area (Å²) in [6.07, 6.45) is 1.77. The van der Waals surface area contributed by atoms with Crippen molar-refractivity contribution in [3.8, 4) is 0 Å². The molecule has 8 heteroatoms. The molecular formula is C17H19N5O3. The largest absolute Gasteiger partial charge is 0.459 e. The number of benzene rings is 1. The zero-order chi connectivity index (χ0) is 17.2. The van der Waals surface area contributed by atoms with Gasteiger partial charge in [-0.3, -0.25) is 4.98 Å². The Hall–Kier alpha value is -3.03. The fourth-order valence-electron chi connectivity index (χ4n) is 3.26. The number of H-pyrrole nitrogens is 2. The molecule has 1 unspecified atom stereocenters. The molecule has 0 bridgehead atoms. The second-order valence-electron chi connectivity index (χ2n) is 6.26. The number of urea groups is 1. The molecule has 3 aromatic rings. The van der Waals surface area contributed by atoms with Gasteiger partial charge < -0.3 is 14.6 Å². The maximum atomic E-state index is 12.4. The molecule has 0 spiro atoms. The maximum Gasteiger partial charge on any atom is 0.340 e. The Morgan fingerprint density at radius 2 is 2.28 bits per heavy atom. The predicted molar refractivity (Wildman–Crippen MR) is 91.2 cm³/mol. The highest BCUT2D eigenvalue weighted by molar-refractivity contribution is 5.78. The van der Waals surface area contributed by atoms with Crippen molar-refractivity contribution in [2.75, 3.05) is 13.1 Å². The quantitative estimate of drug-likeness (QED) is 0.676. The summed E-state index contributed by atoms with van der Waals surface area (Å²) in [6, 6.07) is 9.55. The number of carbonyl (C=O) groups excluding carboxylic acids is 1. The van der Waals surface area contributed by atoms with Gasteiger partial charge in [0.25, 0.3) is 0 Å². The Morgan fingerprint density at radius 3 is 3.08 bits per heavy atom. The molecule has 1 aliphatic heterocycles. The maximum absolute atomic E-state index is 12.4. The van der Waals surface area contributed by atoms with Gasteiger partial charge >= 0.3 is 11.7 Å². The first-order valence-electron chi connectivity index (χ1n) is 8.34. The fraction of sp³-hybridized carbons (Fsp3) is 0.353. The van der Waals surface area contributed by atoms with Crippen molar-refractivity contribution in [3.63, 3.8) is 0 Å². The summed E-state index contributed by atoms with van der Waals surface area (Å²) in [4.78, 5) is 28.1. The lowest BCUT2D eigenvalue weighted by Gasteiger charge is -2.31. The van der Waals surface area contributed by atoms with Gasteiger partial charge in [-0.15, -0.1) is 0 Å². The summed E-state index contributed by atoms with van der Waals surface area (Å²) in [5, 5.41) is 10.3. The number of likely N-dealkylation sites (tertiary alicyclic amines) is 1. The van der Waals surface area contributed by atoms with Crippen molar-refractivity contribution in [3.05, 3.63) is 52.4 Å². The molecule has 1 fully saturated rings. The minimum absolute atomic E-state index is 0.0460. The molecular weight excluding hydrogens is 322 g/mol. The first-order valence-corrected chi connectivity index (χ1v) is 8.34. The van der Waals surface area contributed by atoms with E-state index in [0.717, 1.165) is 29.6 Å². The summed E-state index contributed by atoms with van der Waals surface area (Å²) < 4.78 is 5.71. The van der Waals surface area contributed by atoms with Crippen LogP contribution in [0, 0.1) is 0 Å². The number of piperidine rings is 1. The van der Waals surface area contributed by atoms with Crippen molar-refractivity contribution in [1.82, 2.24) is 25.4 Å². The lowest BCUT2D eigenvalue weighted by molar-refractivity contribution is 0.177. The first-order chi connectivity index (χ1) is 12.2. The van der Waals surface area contributed by atoms with Crippen LogP contribution in [0.25, 0.3) is 11.0 Å². The smallest absolute Gasteiger partial charge is 0.340 e. The standard InChI is InChI=1S/C17H19N5O3/c23-16-19-15(20-21-16)12-5-3-7-22(10-12)17(24)18-9-13-8-11-4-1-2-6-14(11)25-13/h1-2,4,6,8,12H,3,5,7,9-10H2,(H,18,24)(H2,19,20,21,23). The highest BCUT2D eigenvalue weighted by Gasteiger charge is 2.26. The van der Waals surface area contributed by atoms with Gasteiger partial charge in [-0.25, -0.2) is 14.7 Å². The minimum atomic E-state index is -0.318. The predicted octanol–water partition coefficient (Wildman–Crippen LogP) is 1.93. The molecule has 4 rings (SSSR count). The van der Waals surface area contributed by atoms with E-state index >= 15 is 0 Å². The summed E-state index contributed by atoms with van der Waals surface area (Å²) in [5.41, 5.74) is 0.494. The number of fused-ring (bicyclic) bond motifs is 1. The third-order valence-corrected chi connectivity index (χ3v) is 4.51. The average Bonchev–Trinajstić information content (AvgIpc) is 3.25. The van der Waals surface area contributed by atoms with Crippen LogP contribution in [0.5, 0.6) is 0 Å². The van der Waals surface area contributed by atoms with E-state index in [1.54, 1.807) is 4.90 Å². The number of furan rings is 1. The summed E-state index contributed by atoms with van der Waals surface area (Å²) in [5.74, 6) is 1.38. The molecule has 25 heavy (non-hydrogen) atoms. The van der Waals surface area contributed by atoms with Crippen LogP contribution in [0.3, 0.4) is 0 Å². The normalized spacial score (nSPS) is 17.8. The summed E-state index contributed by atoms with van der Waals surface area (Å²) in [6.45, 7) is 1.57. The molecule has 1 atom stereocenters. The fourth-order valence-corrected chi connectivity index (χ4v) is 3.26. The highest BCUT2D eigenvalue weighted by Crippen LogP contribution is 2.23. The molecule has 2 amide bonds. The zero-order valence-corrected chi connectivity index (χ0v) is 13.6. The Bertz CT molecular complexity index is 908. The molecule has 1 saturated heterocycles. The average molecular weight is 341 g/mol. The van der Waals surface area contributed by atoms with Gasteiger partial charge in [-0.2, -0.15) is 5.10 Å². The Kier molecular flexibility index (Phi) is 4.01. The third-order valence-electron chi connectivity index (χ3n) is 4.51. The Balaban J connectivity index is 1.37. The lowest BCUT2D eigenvalue weighted by atomic mass is 9.98. The Morgan fingerprint density at radius 1 is 1.40 bits per heavy atom. The van der Waals surface area contributed by atoms with E-state index in [1.165, 1.54) is 0 Å². The van der Waals surface area contributed by atoms with E-state index in [1.807, 2.05) is 30.3 Å². The van der Waals surface area contributed by atoms with Gasteiger partial charge in [0.15, 0.2) is 0 Å². The van der Waals surface area contributed by atoms with E-state index < -0.39 is 0 Å². The monoisotopic (exact) mass is 341 g/mol. The molecule has 8 nitrogen and oxygen atoms in total. The van der Waals surface area contributed by atoms with Crippen LogP contribution >= 0.6 is 0 Å². The molecule has 1 aliphatic rings. The zero-order valence-electron chi connectivity index (χ0n) is 13.6. The van der Waals surface area contributed by atoms with Gasteiger partial charge in [-0.05, 0) is 25.0 Å². The van der Waals surface area contributed by atoms with Gasteiger partial charge in [-0.1, -0.05) is 18.2 Å². The van der Waals surface area contributed by atoms with Crippen molar-refractivity contribution in [2.45, 2.75) is 25.3 Å². The van der Waals surface area contributed by atoms with E-state index in [9.17, 15) is 9.59 Å². The summed E-state index contributed by atoms with van der Waals surface area (Å²) in [7, 11) is 0. The third kappa shape index (κ3) is 3.28. The lowest BCUT2D eigenvalue weighted by Crippen LogP contribution is -2.44. The van der Waals surface area contributed by atoms with E-state index in [0.29, 0.717) is 25.5 Å². The molecule has 0 saturated carbocycles. The van der Waals surface area contributed by atoms with Crippen molar-refractivity contribution in [2.24, 2.45) is 0 Å². The number of carbonyl (C=O) groups is 1. The van der Waals surface area contributed by atoms with Gasteiger partial charge in [0.05, 0.1) is 6.54 Å².